The first-order valence-electron chi connectivity index (χ1n) is 8.45. The van der Waals surface area contributed by atoms with Crippen molar-refractivity contribution in [2.45, 2.75) is 6.61 Å². The molecular weight excluding hydrogens is 464 g/mol. The van der Waals surface area contributed by atoms with Crippen LogP contribution in [-0.4, -0.2) is 36.5 Å². The van der Waals surface area contributed by atoms with Gasteiger partial charge in [0.2, 0.25) is 0 Å². The molecule has 3 amide bonds. The molecule has 9 heteroatoms. The summed E-state index contributed by atoms with van der Waals surface area (Å²) in [4.78, 5) is 36.4. The number of esters is 1. The predicted octanol–water partition coefficient (Wildman–Crippen LogP) is 3.75. The number of hydrogen-bond donors (Lipinski definition) is 1. The highest BCUT2D eigenvalue weighted by molar-refractivity contribution is 9.10. The number of halogens is 2. The van der Waals surface area contributed by atoms with Crippen LogP contribution in [0, 0.1) is 0 Å². The minimum absolute atomic E-state index is 0.0700. The Hall–Kier alpha value is -2.84. The maximum Gasteiger partial charge on any atom is 0.329 e. The van der Waals surface area contributed by atoms with E-state index < -0.39 is 24.5 Å². The Morgan fingerprint density at radius 2 is 1.93 bits per heavy atom. The Morgan fingerprint density at radius 1 is 1.21 bits per heavy atom. The van der Waals surface area contributed by atoms with Gasteiger partial charge in [0.15, 0.2) is 0 Å². The van der Waals surface area contributed by atoms with Crippen molar-refractivity contribution in [2.75, 3.05) is 13.7 Å². The van der Waals surface area contributed by atoms with Gasteiger partial charge in [0.05, 0.1) is 11.6 Å². The van der Waals surface area contributed by atoms with E-state index in [1.54, 1.807) is 30.3 Å². The average Bonchev–Trinajstić information content (AvgIpc) is 2.96. The summed E-state index contributed by atoms with van der Waals surface area (Å²) in [5.41, 5.74) is 1.71. The summed E-state index contributed by atoms with van der Waals surface area (Å²) in [5.74, 6) is -0.657. The van der Waals surface area contributed by atoms with Crippen LogP contribution < -0.4 is 10.1 Å². The lowest BCUT2D eigenvalue weighted by Crippen LogP contribution is -2.36. The summed E-state index contributed by atoms with van der Waals surface area (Å²) in [5, 5.41) is 3.11. The highest BCUT2D eigenvalue weighted by Gasteiger charge is 2.35. The van der Waals surface area contributed by atoms with Crippen LogP contribution in [-0.2, 0) is 20.9 Å². The van der Waals surface area contributed by atoms with Gasteiger partial charge in [-0.1, -0.05) is 29.8 Å². The first-order chi connectivity index (χ1) is 13.9. The molecule has 0 bridgehead atoms. The molecule has 1 fully saturated rings. The van der Waals surface area contributed by atoms with E-state index in [1.165, 1.54) is 13.2 Å². The highest BCUT2D eigenvalue weighted by Crippen LogP contribution is 2.28. The fraction of sp³-hybridized carbons (Fsp3) is 0.150. The van der Waals surface area contributed by atoms with Crippen molar-refractivity contribution in [1.82, 2.24) is 10.2 Å². The Labute approximate surface area is 180 Å². The van der Waals surface area contributed by atoms with E-state index in [9.17, 15) is 14.4 Å². The van der Waals surface area contributed by atoms with Crippen molar-refractivity contribution in [3.05, 3.63) is 68.8 Å². The topological polar surface area (TPSA) is 84.9 Å². The number of carbonyl (C=O) groups is 3. The number of nitrogens with zero attached hydrogens (tertiary/aromatic N) is 1. The third-order valence-electron chi connectivity index (χ3n) is 4.05. The van der Waals surface area contributed by atoms with Crippen molar-refractivity contribution >= 4 is 51.5 Å². The molecule has 29 heavy (non-hydrogen) atoms. The quantitative estimate of drug-likeness (QED) is 0.387. The Kier molecular flexibility index (Phi) is 6.56. The van der Waals surface area contributed by atoms with Crippen molar-refractivity contribution in [3.63, 3.8) is 0 Å². The third kappa shape index (κ3) is 5.16. The van der Waals surface area contributed by atoms with Gasteiger partial charge in [-0.2, -0.15) is 0 Å². The molecule has 0 spiro atoms. The van der Waals surface area contributed by atoms with Crippen molar-refractivity contribution < 1.29 is 23.9 Å². The first-order valence-corrected chi connectivity index (χ1v) is 9.62. The summed E-state index contributed by atoms with van der Waals surface area (Å²) in [6.07, 6.45) is 1.52. The minimum Gasteiger partial charge on any atom is -0.488 e. The number of nitrogens with one attached hydrogen (secondary N) is 1. The summed E-state index contributed by atoms with van der Waals surface area (Å²) < 4.78 is 11.0. The summed E-state index contributed by atoms with van der Waals surface area (Å²) >= 11 is 9.32. The molecule has 0 aromatic heterocycles. The summed E-state index contributed by atoms with van der Waals surface area (Å²) in [6, 6.07) is 11.9. The minimum atomic E-state index is -0.681. The molecule has 0 unspecified atom stereocenters. The standard InChI is InChI=1S/C20H16BrClN2O5/c1-28-18(25)10-24-19(26)16(23-20(24)27)9-13-4-7-17(15(21)8-13)29-11-12-2-5-14(22)6-3-12/h2-9H,10-11H2,1H3,(H,23,27)/b16-9+. The molecule has 0 atom stereocenters. The molecule has 1 saturated heterocycles. The fourth-order valence-corrected chi connectivity index (χ4v) is 3.18. The lowest BCUT2D eigenvalue weighted by Gasteiger charge is -2.10. The van der Waals surface area contributed by atoms with Crippen molar-refractivity contribution in [2.24, 2.45) is 0 Å². The van der Waals surface area contributed by atoms with E-state index in [0.29, 0.717) is 27.4 Å². The molecule has 1 N–H and O–H groups in total. The van der Waals surface area contributed by atoms with Crippen LogP contribution in [0.25, 0.3) is 6.08 Å². The summed E-state index contributed by atoms with van der Waals surface area (Å²) in [6.45, 7) is -0.0765. The Balaban J connectivity index is 1.69. The van der Waals surface area contributed by atoms with Crippen LogP contribution >= 0.6 is 27.5 Å². The highest BCUT2D eigenvalue weighted by atomic mass is 79.9. The van der Waals surface area contributed by atoms with Crippen LogP contribution in [0.1, 0.15) is 11.1 Å². The second-order valence-corrected chi connectivity index (χ2v) is 7.35. The van der Waals surface area contributed by atoms with Crippen LogP contribution in [0.4, 0.5) is 4.79 Å². The van der Waals surface area contributed by atoms with Gasteiger partial charge in [-0.3, -0.25) is 9.59 Å². The molecule has 1 aliphatic heterocycles. The summed E-state index contributed by atoms with van der Waals surface area (Å²) in [7, 11) is 1.19. The molecule has 0 aliphatic carbocycles. The zero-order valence-electron chi connectivity index (χ0n) is 15.3. The van der Waals surface area contributed by atoms with E-state index in [4.69, 9.17) is 16.3 Å². The van der Waals surface area contributed by atoms with Gasteiger partial charge in [-0.05, 0) is 57.4 Å². The zero-order chi connectivity index (χ0) is 21.0. The predicted molar refractivity (Wildman–Crippen MR) is 110 cm³/mol. The molecule has 150 valence electrons. The number of carbonyl (C=O) groups excluding carboxylic acids is 3. The molecule has 2 aromatic rings. The van der Waals surface area contributed by atoms with E-state index in [-0.39, 0.29) is 5.70 Å². The van der Waals surface area contributed by atoms with Gasteiger partial charge in [0.1, 0.15) is 24.6 Å². The van der Waals surface area contributed by atoms with Gasteiger partial charge >= 0.3 is 12.0 Å². The number of ether oxygens (including phenoxy) is 2. The lowest BCUT2D eigenvalue weighted by molar-refractivity contribution is -0.143. The number of amides is 3. The monoisotopic (exact) mass is 478 g/mol. The molecule has 2 aromatic carbocycles. The number of imide groups is 1. The third-order valence-corrected chi connectivity index (χ3v) is 4.92. The molecular formula is C20H16BrClN2O5. The molecule has 1 aliphatic rings. The van der Waals surface area contributed by atoms with E-state index in [2.05, 4.69) is 26.0 Å². The molecule has 3 rings (SSSR count). The van der Waals surface area contributed by atoms with Gasteiger partial charge in [0.25, 0.3) is 5.91 Å². The second kappa shape index (κ2) is 9.11. The Bertz CT molecular complexity index is 991. The normalized spacial score (nSPS) is 14.9. The molecule has 0 saturated carbocycles. The molecule has 7 nitrogen and oxygen atoms in total. The van der Waals surface area contributed by atoms with E-state index in [1.807, 2.05) is 12.1 Å². The lowest BCUT2D eigenvalue weighted by atomic mass is 10.2. The number of benzene rings is 2. The van der Waals surface area contributed by atoms with Gasteiger partial charge in [-0.25, -0.2) is 9.69 Å². The van der Waals surface area contributed by atoms with E-state index >= 15 is 0 Å². The van der Waals surface area contributed by atoms with Crippen LogP contribution in [0.2, 0.25) is 5.02 Å². The van der Waals surface area contributed by atoms with Crippen molar-refractivity contribution in [3.8, 4) is 5.75 Å². The van der Waals surface area contributed by atoms with Gasteiger partial charge < -0.3 is 14.8 Å². The first kappa shape index (κ1) is 20.9. The molecule has 1 heterocycles. The van der Waals surface area contributed by atoms with Crippen LogP contribution in [0.3, 0.4) is 0 Å². The van der Waals surface area contributed by atoms with Crippen LogP contribution in [0.15, 0.2) is 52.6 Å². The maximum atomic E-state index is 12.3. The number of rotatable bonds is 6. The van der Waals surface area contributed by atoms with Crippen molar-refractivity contribution in [1.29, 1.82) is 0 Å². The smallest absolute Gasteiger partial charge is 0.329 e. The van der Waals surface area contributed by atoms with E-state index in [0.717, 1.165) is 10.5 Å². The van der Waals surface area contributed by atoms with Gasteiger partial charge in [0, 0.05) is 5.02 Å². The number of hydrogen-bond acceptors (Lipinski definition) is 5. The fourth-order valence-electron chi connectivity index (χ4n) is 2.54. The van der Waals surface area contributed by atoms with Gasteiger partial charge in [-0.15, -0.1) is 0 Å². The van der Waals surface area contributed by atoms with Crippen LogP contribution in [0.5, 0.6) is 5.75 Å². The second-order valence-electron chi connectivity index (χ2n) is 6.06. The zero-order valence-corrected chi connectivity index (χ0v) is 17.6. The number of urea groups is 1. The SMILES string of the molecule is COC(=O)CN1C(=O)N/C(=C/c2ccc(OCc3ccc(Cl)cc3)c(Br)c2)C1=O. The Morgan fingerprint density at radius 3 is 2.59 bits per heavy atom. The number of methoxy groups -OCH3 is 1. The largest absolute Gasteiger partial charge is 0.488 e. The molecule has 0 radical (unpaired) electrons. The maximum absolute atomic E-state index is 12.3. The average molecular weight is 480 g/mol.